The van der Waals surface area contributed by atoms with Gasteiger partial charge in [0.05, 0.1) is 6.04 Å². The van der Waals surface area contributed by atoms with Gasteiger partial charge in [0.2, 0.25) is 0 Å². The molecule has 0 saturated heterocycles. The smallest absolute Gasteiger partial charge is 0.273 e. The van der Waals surface area contributed by atoms with Gasteiger partial charge in [-0.05, 0) is 25.5 Å². The van der Waals surface area contributed by atoms with Crippen molar-refractivity contribution in [3.63, 3.8) is 0 Å². The van der Waals surface area contributed by atoms with Gasteiger partial charge < -0.3 is 15.6 Å². The summed E-state index contributed by atoms with van der Waals surface area (Å²) in [5.74, 6) is 0.328. The van der Waals surface area contributed by atoms with Gasteiger partial charge in [0.15, 0.2) is 5.69 Å². The number of carbonyl (C=O) groups is 1. The van der Waals surface area contributed by atoms with Crippen LogP contribution in [0.25, 0.3) is 0 Å². The van der Waals surface area contributed by atoms with Crippen molar-refractivity contribution in [2.45, 2.75) is 19.9 Å². The summed E-state index contributed by atoms with van der Waals surface area (Å²) in [4.78, 5) is 11.9. The number of nitrogen functional groups attached to an aromatic ring is 1. The van der Waals surface area contributed by atoms with Gasteiger partial charge in [-0.25, -0.2) is 0 Å². The van der Waals surface area contributed by atoms with Crippen molar-refractivity contribution in [1.29, 1.82) is 0 Å². The average molecular weight is 245 g/mol. The summed E-state index contributed by atoms with van der Waals surface area (Å²) in [6.07, 6.45) is 0. The molecule has 0 radical (unpaired) electrons. The molecular weight excluding hydrogens is 230 g/mol. The number of benzene rings is 1. The highest BCUT2D eigenvalue weighted by Crippen LogP contribution is 2.19. The van der Waals surface area contributed by atoms with Crippen molar-refractivity contribution in [2.24, 2.45) is 0 Å². The minimum absolute atomic E-state index is 0.185. The van der Waals surface area contributed by atoms with Crippen LogP contribution in [0.5, 0.6) is 0 Å². The number of hydrogen-bond acceptors (Lipinski definition) is 4. The normalized spacial score (nSPS) is 12.1. The third kappa shape index (κ3) is 2.51. The summed E-state index contributed by atoms with van der Waals surface area (Å²) >= 11 is 0. The van der Waals surface area contributed by atoms with Crippen LogP contribution in [0.1, 0.15) is 34.8 Å². The Balaban J connectivity index is 2.10. The molecule has 0 aliphatic heterocycles. The predicted octanol–water partition coefficient (Wildman–Crippen LogP) is 2.06. The minimum Gasteiger partial charge on any atom is -0.398 e. The first-order valence-corrected chi connectivity index (χ1v) is 5.66. The number of nitrogens with one attached hydrogen (secondary N) is 1. The molecular formula is C13H15N3O2. The molecule has 94 valence electrons. The first-order chi connectivity index (χ1) is 8.58. The van der Waals surface area contributed by atoms with E-state index in [-0.39, 0.29) is 17.6 Å². The summed E-state index contributed by atoms with van der Waals surface area (Å²) in [5.41, 5.74) is 7.66. The van der Waals surface area contributed by atoms with E-state index in [0.717, 1.165) is 5.56 Å². The first-order valence-electron chi connectivity index (χ1n) is 5.66. The highest BCUT2D eigenvalue weighted by molar-refractivity contribution is 5.92. The van der Waals surface area contributed by atoms with E-state index in [1.807, 2.05) is 25.1 Å². The molecule has 1 unspecified atom stereocenters. The maximum atomic E-state index is 11.9. The SMILES string of the molecule is Cc1cc(C(=O)NC(C)c2ccccc2N)no1. The van der Waals surface area contributed by atoms with Crippen molar-refractivity contribution >= 4 is 11.6 Å². The number of hydrogen-bond donors (Lipinski definition) is 2. The highest BCUT2D eigenvalue weighted by Gasteiger charge is 2.15. The van der Waals surface area contributed by atoms with Crippen molar-refractivity contribution in [3.8, 4) is 0 Å². The topological polar surface area (TPSA) is 81.2 Å². The average Bonchev–Trinajstić information content (AvgIpc) is 2.76. The molecule has 2 aromatic rings. The van der Waals surface area contributed by atoms with Gasteiger partial charge in [0, 0.05) is 11.8 Å². The number of aromatic nitrogens is 1. The fraction of sp³-hybridized carbons (Fsp3) is 0.231. The van der Waals surface area contributed by atoms with Crippen LogP contribution >= 0.6 is 0 Å². The Hall–Kier alpha value is -2.30. The van der Waals surface area contributed by atoms with Gasteiger partial charge in [-0.1, -0.05) is 23.4 Å². The lowest BCUT2D eigenvalue weighted by Gasteiger charge is -2.15. The minimum atomic E-state index is -0.275. The lowest BCUT2D eigenvalue weighted by atomic mass is 10.1. The fourth-order valence-corrected chi connectivity index (χ4v) is 1.73. The Labute approximate surface area is 105 Å². The zero-order valence-corrected chi connectivity index (χ0v) is 10.3. The lowest BCUT2D eigenvalue weighted by molar-refractivity contribution is 0.0931. The Morgan fingerprint density at radius 2 is 2.17 bits per heavy atom. The summed E-state index contributed by atoms with van der Waals surface area (Å²) in [6, 6.07) is 8.84. The van der Waals surface area contributed by atoms with E-state index in [1.54, 1.807) is 19.1 Å². The largest absolute Gasteiger partial charge is 0.398 e. The summed E-state index contributed by atoms with van der Waals surface area (Å²) < 4.78 is 4.86. The maximum Gasteiger partial charge on any atom is 0.273 e. The van der Waals surface area contributed by atoms with Crippen LogP contribution < -0.4 is 11.1 Å². The van der Waals surface area contributed by atoms with Crippen molar-refractivity contribution in [3.05, 3.63) is 47.3 Å². The van der Waals surface area contributed by atoms with Gasteiger partial charge in [0.1, 0.15) is 5.76 Å². The number of para-hydroxylation sites is 1. The molecule has 0 saturated carbocycles. The quantitative estimate of drug-likeness (QED) is 0.811. The van der Waals surface area contributed by atoms with Crippen molar-refractivity contribution < 1.29 is 9.32 Å². The number of amides is 1. The van der Waals surface area contributed by atoms with E-state index < -0.39 is 0 Å². The van der Waals surface area contributed by atoms with Crippen LogP contribution in [0.2, 0.25) is 0 Å². The highest BCUT2D eigenvalue weighted by atomic mass is 16.5. The Kier molecular flexibility index (Phi) is 3.32. The molecule has 18 heavy (non-hydrogen) atoms. The number of nitrogens with zero attached hydrogens (tertiary/aromatic N) is 1. The summed E-state index contributed by atoms with van der Waals surface area (Å²) in [6.45, 7) is 3.61. The Morgan fingerprint density at radius 1 is 1.44 bits per heavy atom. The number of carbonyl (C=O) groups excluding carboxylic acids is 1. The van der Waals surface area contributed by atoms with Gasteiger partial charge in [0.25, 0.3) is 5.91 Å². The van der Waals surface area contributed by atoms with Gasteiger partial charge in [-0.3, -0.25) is 4.79 Å². The zero-order valence-electron chi connectivity index (χ0n) is 10.3. The van der Waals surface area contributed by atoms with Crippen LogP contribution in [0, 0.1) is 6.92 Å². The lowest BCUT2D eigenvalue weighted by Crippen LogP contribution is -2.27. The molecule has 1 atom stereocenters. The summed E-state index contributed by atoms with van der Waals surface area (Å²) in [5, 5.41) is 6.49. The van der Waals surface area contributed by atoms with Crippen molar-refractivity contribution in [2.75, 3.05) is 5.73 Å². The van der Waals surface area contributed by atoms with Crippen LogP contribution in [0.15, 0.2) is 34.9 Å². The molecule has 0 fully saturated rings. The second-order valence-corrected chi connectivity index (χ2v) is 4.15. The molecule has 1 aromatic heterocycles. The van der Waals surface area contributed by atoms with E-state index >= 15 is 0 Å². The van der Waals surface area contributed by atoms with Crippen LogP contribution in [-0.4, -0.2) is 11.1 Å². The fourth-order valence-electron chi connectivity index (χ4n) is 1.73. The van der Waals surface area contributed by atoms with E-state index in [1.165, 1.54) is 0 Å². The number of rotatable bonds is 3. The molecule has 1 heterocycles. The second-order valence-electron chi connectivity index (χ2n) is 4.15. The third-order valence-corrected chi connectivity index (χ3v) is 2.67. The van der Waals surface area contributed by atoms with Crippen LogP contribution in [0.4, 0.5) is 5.69 Å². The van der Waals surface area contributed by atoms with E-state index in [2.05, 4.69) is 10.5 Å². The van der Waals surface area contributed by atoms with Crippen LogP contribution in [0.3, 0.4) is 0 Å². The van der Waals surface area contributed by atoms with Crippen molar-refractivity contribution in [1.82, 2.24) is 10.5 Å². The monoisotopic (exact) mass is 245 g/mol. The Bertz CT molecular complexity index is 563. The van der Waals surface area contributed by atoms with E-state index in [4.69, 9.17) is 10.3 Å². The maximum absolute atomic E-state index is 11.9. The van der Waals surface area contributed by atoms with E-state index in [9.17, 15) is 4.79 Å². The molecule has 0 spiro atoms. The number of anilines is 1. The van der Waals surface area contributed by atoms with Crippen LogP contribution in [-0.2, 0) is 0 Å². The molecule has 0 aliphatic carbocycles. The molecule has 0 bridgehead atoms. The molecule has 2 rings (SSSR count). The molecule has 1 amide bonds. The molecule has 3 N–H and O–H groups in total. The zero-order chi connectivity index (χ0) is 13.1. The number of aryl methyl sites for hydroxylation is 1. The standard InChI is InChI=1S/C13H15N3O2/c1-8-7-12(16-18-8)13(17)15-9(2)10-5-3-4-6-11(10)14/h3-7,9H,14H2,1-2H3,(H,15,17). The third-order valence-electron chi connectivity index (χ3n) is 2.67. The second kappa shape index (κ2) is 4.91. The first kappa shape index (κ1) is 12.2. The van der Waals surface area contributed by atoms with E-state index in [0.29, 0.717) is 11.4 Å². The van der Waals surface area contributed by atoms with Gasteiger partial charge >= 0.3 is 0 Å². The molecule has 5 nitrogen and oxygen atoms in total. The summed E-state index contributed by atoms with van der Waals surface area (Å²) in [7, 11) is 0. The molecule has 1 aromatic carbocycles. The van der Waals surface area contributed by atoms with Gasteiger partial charge in [-0.15, -0.1) is 0 Å². The number of nitrogens with two attached hydrogens (primary N) is 1. The molecule has 0 aliphatic rings. The Morgan fingerprint density at radius 3 is 2.78 bits per heavy atom. The predicted molar refractivity (Wildman–Crippen MR) is 68.0 cm³/mol. The molecule has 5 heteroatoms. The van der Waals surface area contributed by atoms with Gasteiger partial charge in [-0.2, -0.15) is 0 Å².